The van der Waals surface area contributed by atoms with Crippen LogP contribution in [0.15, 0.2) is 0 Å². The average Bonchev–Trinajstić information content (AvgIpc) is 2.25. The van der Waals surface area contributed by atoms with Crippen molar-refractivity contribution in [3.05, 3.63) is 0 Å². The second-order valence-corrected chi connectivity index (χ2v) is 5.76. The van der Waals surface area contributed by atoms with Crippen LogP contribution >= 0.6 is 0 Å². The molecule has 1 aliphatic heterocycles. The Morgan fingerprint density at radius 3 is 2.47 bits per heavy atom. The molecule has 0 aliphatic carbocycles. The van der Waals surface area contributed by atoms with E-state index in [1.165, 1.54) is 0 Å². The van der Waals surface area contributed by atoms with E-state index in [9.17, 15) is 9.59 Å². The summed E-state index contributed by atoms with van der Waals surface area (Å²) in [6.45, 7) is 8.43. The van der Waals surface area contributed by atoms with Gasteiger partial charge in [0.2, 0.25) is 0 Å². The molecule has 1 atom stereocenters. The summed E-state index contributed by atoms with van der Waals surface area (Å²) >= 11 is 0. The van der Waals surface area contributed by atoms with Gasteiger partial charge < -0.3 is 10.2 Å². The molecule has 1 rings (SSSR count). The van der Waals surface area contributed by atoms with E-state index >= 15 is 0 Å². The van der Waals surface area contributed by atoms with Gasteiger partial charge in [-0.2, -0.15) is 0 Å². The summed E-state index contributed by atoms with van der Waals surface area (Å²) in [6.07, 6.45) is 4.10. The third kappa shape index (κ3) is 4.02. The lowest BCUT2D eigenvalue weighted by atomic mass is 10.00. The van der Waals surface area contributed by atoms with Crippen molar-refractivity contribution in [3.63, 3.8) is 0 Å². The third-order valence-corrected chi connectivity index (χ3v) is 3.04. The Morgan fingerprint density at radius 2 is 1.94 bits per heavy atom. The Balaban J connectivity index is 2.64. The van der Waals surface area contributed by atoms with Gasteiger partial charge in [-0.3, -0.25) is 9.59 Å². The lowest BCUT2D eigenvalue weighted by Crippen LogP contribution is -2.53. The van der Waals surface area contributed by atoms with E-state index in [1.807, 2.05) is 20.8 Å². The van der Waals surface area contributed by atoms with Crippen LogP contribution in [0.1, 0.15) is 53.4 Å². The second-order valence-electron chi connectivity index (χ2n) is 5.76. The number of nitrogens with zero attached hydrogens (tertiary/aromatic N) is 1. The normalized spacial score (nSPS) is 21.2. The fourth-order valence-electron chi connectivity index (χ4n) is 2.22. The van der Waals surface area contributed by atoms with Crippen LogP contribution < -0.4 is 5.32 Å². The minimum absolute atomic E-state index is 0.238. The molecule has 2 amide bonds. The van der Waals surface area contributed by atoms with Gasteiger partial charge in [0.25, 0.3) is 0 Å². The molecule has 0 aromatic rings. The lowest BCUT2D eigenvalue weighted by Gasteiger charge is -2.35. The molecule has 0 aromatic heterocycles. The highest BCUT2D eigenvalue weighted by Gasteiger charge is 2.31. The first-order chi connectivity index (χ1) is 7.85. The summed E-state index contributed by atoms with van der Waals surface area (Å²) < 4.78 is 0. The zero-order valence-electron chi connectivity index (χ0n) is 11.4. The van der Waals surface area contributed by atoms with E-state index in [0.29, 0.717) is 0 Å². The highest BCUT2D eigenvalue weighted by molar-refractivity contribution is 6.35. The van der Waals surface area contributed by atoms with Crippen molar-refractivity contribution in [2.24, 2.45) is 0 Å². The average molecular weight is 240 g/mol. The number of carbonyl (C=O) groups excluding carboxylic acids is 2. The molecule has 1 N–H and O–H groups in total. The molecule has 4 heteroatoms. The Bertz CT molecular complexity index is 294. The maximum Gasteiger partial charge on any atom is 0.312 e. The molecule has 4 nitrogen and oxygen atoms in total. The molecule has 0 bridgehead atoms. The Hall–Kier alpha value is -1.06. The van der Waals surface area contributed by atoms with Gasteiger partial charge in [0.05, 0.1) is 0 Å². The summed E-state index contributed by atoms with van der Waals surface area (Å²) in [4.78, 5) is 25.6. The molecular weight excluding hydrogens is 216 g/mol. The lowest BCUT2D eigenvalue weighted by molar-refractivity contribution is -0.149. The van der Waals surface area contributed by atoms with Crippen molar-refractivity contribution in [1.82, 2.24) is 10.2 Å². The van der Waals surface area contributed by atoms with Gasteiger partial charge in [0.15, 0.2) is 0 Å². The molecular formula is C13H24N2O2. The highest BCUT2D eigenvalue weighted by atomic mass is 16.2. The summed E-state index contributed by atoms with van der Waals surface area (Å²) in [5.74, 6) is -0.843. The largest absolute Gasteiger partial charge is 0.343 e. The van der Waals surface area contributed by atoms with Crippen LogP contribution in [0.5, 0.6) is 0 Å². The molecule has 0 saturated carbocycles. The molecule has 0 spiro atoms. The molecule has 98 valence electrons. The summed E-state index contributed by atoms with van der Waals surface area (Å²) in [6, 6.07) is 0.238. The molecule has 1 fully saturated rings. The van der Waals surface area contributed by atoms with Gasteiger partial charge in [-0.15, -0.1) is 0 Å². The second kappa shape index (κ2) is 5.52. The molecule has 1 aliphatic rings. The van der Waals surface area contributed by atoms with Crippen molar-refractivity contribution >= 4 is 11.8 Å². The van der Waals surface area contributed by atoms with E-state index in [1.54, 1.807) is 4.90 Å². The number of piperidine rings is 1. The first-order valence-corrected chi connectivity index (χ1v) is 6.48. The van der Waals surface area contributed by atoms with Crippen molar-refractivity contribution in [1.29, 1.82) is 0 Å². The summed E-state index contributed by atoms with van der Waals surface area (Å²) in [7, 11) is 0. The van der Waals surface area contributed by atoms with Gasteiger partial charge in [-0.1, -0.05) is 6.92 Å². The van der Waals surface area contributed by atoms with E-state index in [2.05, 4.69) is 12.2 Å². The van der Waals surface area contributed by atoms with Crippen LogP contribution in [0, 0.1) is 0 Å². The van der Waals surface area contributed by atoms with Crippen LogP contribution in [0.25, 0.3) is 0 Å². The fourth-order valence-corrected chi connectivity index (χ4v) is 2.22. The van der Waals surface area contributed by atoms with Gasteiger partial charge in [0.1, 0.15) is 0 Å². The number of likely N-dealkylation sites (tertiary alicyclic amines) is 1. The summed E-state index contributed by atoms with van der Waals surface area (Å²) in [5, 5.41) is 2.73. The van der Waals surface area contributed by atoms with E-state index in [4.69, 9.17) is 0 Å². The smallest absolute Gasteiger partial charge is 0.312 e. The minimum Gasteiger partial charge on any atom is -0.343 e. The van der Waals surface area contributed by atoms with Crippen molar-refractivity contribution < 1.29 is 9.59 Å². The Labute approximate surface area is 104 Å². The molecule has 1 unspecified atom stereocenters. The quantitative estimate of drug-likeness (QED) is 0.709. The fraction of sp³-hybridized carbons (Fsp3) is 0.846. The zero-order chi connectivity index (χ0) is 13.1. The molecule has 1 heterocycles. The van der Waals surface area contributed by atoms with Crippen LogP contribution in [0.3, 0.4) is 0 Å². The predicted octanol–water partition coefficient (Wildman–Crippen LogP) is 1.69. The van der Waals surface area contributed by atoms with Gasteiger partial charge >= 0.3 is 11.8 Å². The standard InChI is InChI=1S/C13H24N2O2/c1-5-10-8-6-7-9-15(10)12(17)11(16)14-13(2,3)4/h10H,5-9H2,1-4H3,(H,14,16). The minimum atomic E-state index is -0.474. The third-order valence-electron chi connectivity index (χ3n) is 3.04. The van der Waals surface area contributed by atoms with Crippen molar-refractivity contribution in [2.75, 3.05) is 6.54 Å². The maximum absolute atomic E-state index is 12.1. The molecule has 1 saturated heterocycles. The number of hydrogen-bond donors (Lipinski definition) is 1. The molecule has 0 aromatic carbocycles. The van der Waals surface area contributed by atoms with Crippen molar-refractivity contribution in [3.8, 4) is 0 Å². The highest BCUT2D eigenvalue weighted by Crippen LogP contribution is 2.19. The van der Waals surface area contributed by atoms with Gasteiger partial charge in [-0.05, 0) is 46.5 Å². The van der Waals surface area contributed by atoms with Crippen LogP contribution in [0.4, 0.5) is 0 Å². The SMILES string of the molecule is CCC1CCCCN1C(=O)C(=O)NC(C)(C)C. The van der Waals surface area contributed by atoms with Gasteiger partial charge in [0, 0.05) is 18.1 Å². The topological polar surface area (TPSA) is 49.4 Å². The van der Waals surface area contributed by atoms with Gasteiger partial charge in [-0.25, -0.2) is 0 Å². The number of amides is 2. The Kier molecular flexibility index (Phi) is 4.54. The van der Waals surface area contributed by atoms with Crippen LogP contribution in [-0.2, 0) is 9.59 Å². The first-order valence-electron chi connectivity index (χ1n) is 6.48. The zero-order valence-corrected chi connectivity index (χ0v) is 11.4. The Morgan fingerprint density at radius 1 is 1.29 bits per heavy atom. The van der Waals surface area contributed by atoms with E-state index in [-0.39, 0.29) is 17.5 Å². The van der Waals surface area contributed by atoms with Crippen LogP contribution in [-0.4, -0.2) is 34.8 Å². The number of carbonyl (C=O) groups is 2. The van der Waals surface area contributed by atoms with E-state index < -0.39 is 5.91 Å². The predicted molar refractivity (Wildman–Crippen MR) is 67.5 cm³/mol. The van der Waals surface area contributed by atoms with Crippen molar-refractivity contribution in [2.45, 2.75) is 65.0 Å². The van der Waals surface area contributed by atoms with E-state index in [0.717, 1.165) is 32.2 Å². The molecule has 0 radical (unpaired) electrons. The van der Waals surface area contributed by atoms with Crippen LogP contribution in [0.2, 0.25) is 0 Å². The monoisotopic (exact) mass is 240 g/mol. The molecule has 17 heavy (non-hydrogen) atoms. The number of rotatable bonds is 1. The number of nitrogens with one attached hydrogen (secondary N) is 1. The number of hydrogen-bond acceptors (Lipinski definition) is 2. The first kappa shape index (κ1) is 14.0. The maximum atomic E-state index is 12.1. The summed E-state index contributed by atoms with van der Waals surface area (Å²) in [5.41, 5.74) is -0.357.